The summed E-state index contributed by atoms with van der Waals surface area (Å²) in [6, 6.07) is 5.19. The lowest BCUT2D eigenvalue weighted by Crippen LogP contribution is -3.18. The molecule has 0 radical (unpaired) electrons. The van der Waals surface area contributed by atoms with Crippen LogP contribution in [0.4, 0.5) is 0 Å². The van der Waals surface area contributed by atoms with Crippen LogP contribution in [0.25, 0.3) is 11.1 Å². The van der Waals surface area contributed by atoms with Gasteiger partial charge in [-0.1, -0.05) is 6.42 Å². The molecule has 2 aliphatic heterocycles. The molecule has 1 amide bonds. The molecule has 1 saturated carbocycles. The first-order valence-electron chi connectivity index (χ1n) is 12.2. The minimum Gasteiger partial charge on any atom is -0.408 e. The van der Waals surface area contributed by atoms with Gasteiger partial charge >= 0.3 is 5.76 Å². The van der Waals surface area contributed by atoms with Crippen molar-refractivity contribution in [2.45, 2.75) is 62.4 Å². The fourth-order valence-corrected chi connectivity index (χ4v) is 7.17. The van der Waals surface area contributed by atoms with E-state index in [0.717, 1.165) is 32.0 Å². The predicted octanol–water partition coefficient (Wildman–Crippen LogP) is 0.439. The first-order valence-corrected chi connectivity index (χ1v) is 13.6. The number of hydrogen-bond acceptors (Lipinski definition) is 5. The molecule has 0 bridgehead atoms. The van der Waals surface area contributed by atoms with Gasteiger partial charge in [0.15, 0.2) is 5.58 Å². The van der Waals surface area contributed by atoms with Gasteiger partial charge in [0.1, 0.15) is 6.54 Å². The van der Waals surface area contributed by atoms with E-state index in [1.165, 1.54) is 53.1 Å². The van der Waals surface area contributed by atoms with Crippen LogP contribution >= 0.6 is 0 Å². The monoisotopic (exact) mass is 477 g/mol. The molecule has 3 aliphatic rings. The van der Waals surface area contributed by atoms with Gasteiger partial charge in [0, 0.05) is 19.2 Å². The molecule has 9 nitrogen and oxygen atoms in total. The summed E-state index contributed by atoms with van der Waals surface area (Å²) in [5.41, 5.74) is 0.639. The number of carbonyl (C=O) groups excluding carboxylic acids is 1. The Morgan fingerprint density at radius 1 is 1.00 bits per heavy atom. The van der Waals surface area contributed by atoms with Gasteiger partial charge in [0.2, 0.25) is 15.9 Å². The third-order valence-corrected chi connectivity index (χ3v) is 9.47. The SMILES string of the molecule is O=C(Cn1c(=O)oc2cc(S(=O)(=O)N3CCCC3)ccc21)N1CC[NH+](C2CCCCC2)CC1. The standard InChI is InChI=1S/C23H32N4O5S/c28-22(25-14-12-24(13-15-25)18-6-2-1-3-7-18)17-27-20-9-8-19(16-21(20)32-23(27)29)33(30,31)26-10-4-5-11-26/h8-9,16,18H,1-7,10-15,17H2/p+1. The highest BCUT2D eigenvalue weighted by Crippen LogP contribution is 2.24. The molecule has 2 saturated heterocycles. The minimum atomic E-state index is -3.60. The fourth-order valence-electron chi connectivity index (χ4n) is 5.63. The normalized spacial score (nSPS) is 21.8. The van der Waals surface area contributed by atoms with Crippen molar-refractivity contribution in [3.63, 3.8) is 0 Å². The molecule has 0 spiro atoms. The number of rotatable bonds is 5. The van der Waals surface area contributed by atoms with Gasteiger partial charge in [-0.25, -0.2) is 13.2 Å². The Morgan fingerprint density at radius 2 is 1.70 bits per heavy atom. The molecule has 5 rings (SSSR count). The second kappa shape index (κ2) is 9.23. The van der Waals surface area contributed by atoms with Crippen molar-refractivity contribution in [2.75, 3.05) is 39.3 Å². The Kier molecular flexibility index (Phi) is 6.32. The summed E-state index contributed by atoms with van der Waals surface area (Å²) >= 11 is 0. The number of carbonyl (C=O) groups is 1. The molecule has 0 unspecified atom stereocenters. The first-order chi connectivity index (χ1) is 15.9. The molecule has 1 aromatic heterocycles. The van der Waals surface area contributed by atoms with Crippen molar-refractivity contribution >= 4 is 27.0 Å². The van der Waals surface area contributed by atoms with E-state index in [4.69, 9.17) is 4.42 Å². The van der Waals surface area contributed by atoms with Gasteiger partial charge in [-0.3, -0.25) is 9.36 Å². The van der Waals surface area contributed by atoms with Crippen molar-refractivity contribution in [1.29, 1.82) is 0 Å². The van der Waals surface area contributed by atoms with E-state index in [1.54, 1.807) is 11.0 Å². The van der Waals surface area contributed by atoms with Crippen LogP contribution in [-0.2, 0) is 21.4 Å². The van der Waals surface area contributed by atoms with Gasteiger partial charge < -0.3 is 14.2 Å². The maximum absolute atomic E-state index is 13.0. The second-order valence-corrected chi connectivity index (χ2v) is 11.5. The number of sulfonamides is 1. The van der Waals surface area contributed by atoms with Crippen molar-refractivity contribution in [3.8, 4) is 0 Å². The largest absolute Gasteiger partial charge is 0.420 e. The lowest BCUT2D eigenvalue weighted by molar-refractivity contribution is -0.930. The molecule has 33 heavy (non-hydrogen) atoms. The quantitative estimate of drug-likeness (QED) is 0.674. The van der Waals surface area contributed by atoms with Crippen LogP contribution in [0.3, 0.4) is 0 Å². The molecule has 0 atom stereocenters. The summed E-state index contributed by atoms with van der Waals surface area (Å²) < 4.78 is 33.8. The molecule has 180 valence electrons. The number of fused-ring (bicyclic) bond motifs is 1. The Morgan fingerprint density at radius 3 is 2.39 bits per heavy atom. The van der Waals surface area contributed by atoms with Crippen molar-refractivity contribution in [2.24, 2.45) is 0 Å². The summed E-state index contributed by atoms with van der Waals surface area (Å²) in [5, 5.41) is 0. The van der Waals surface area contributed by atoms with Crippen LogP contribution in [0.2, 0.25) is 0 Å². The van der Waals surface area contributed by atoms with Gasteiger partial charge in [-0.05, 0) is 50.7 Å². The van der Waals surface area contributed by atoms with E-state index in [0.29, 0.717) is 31.7 Å². The Balaban J connectivity index is 1.27. The number of nitrogens with zero attached hydrogens (tertiary/aromatic N) is 3. The number of oxazole rings is 1. The minimum absolute atomic E-state index is 0.0944. The fraction of sp³-hybridized carbons (Fsp3) is 0.652. The van der Waals surface area contributed by atoms with Crippen molar-refractivity contribution < 1.29 is 22.5 Å². The average molecular weight is 478 g/mol. The van der Waals surface area contributed by atoms with E-state index in [9.17, 15) is 18.0 Å². The lowest BCUT2D eigenvalue weighted by atomic mass is 9.94. The van der Waals surface area contributed by atoms with E-state index < -0.39 is 15.8 Å². The van der Waals surface area contributed by atoms with Crippen LogP contribution in [-0.4, -0.2) is 73.4 Å². The topological polar surface area (TPSA) is 97.3 Å². The predicted molar refractivity (Wildman–Crippen MR) is 123 cm³/mol. The van der Waals surface area contributed by atoms with Crippen LogP contribution in [0.15, 0.2) is 32.3 Å². The van der Waals surface area contributed by atoms with Crippen molar-refractivity contribution in [3.05, 3.63) is 28.7 Å². The third kappa shape index (κ3) is 4.48. The molecule has 3 heterocycles. The van der Waals surface area contributed by atoms with E-state index >= 15 is 0 Å². The molecule has 1 aliphatic carbocycles. The third-order valence-electron chi connectivity index (χ3n) is 7.58. The number of hydrogen-bond donors (Lipinski definition) is 1. The summed E-state index contributed by atoms with van der Waals surface area (Å²) in [6.45, 7) is 4.24. The Labute approximate surface area is 194 Å². The molecule has 1 N–H and O–H groups in total. The van der Waals surface area contributed by atoms with Gasteiger partial charge in [0.25, 0.3) is 0 Å². The van der Waals surface area contributed by atoms with Gasteiger partial charge in [-0.2, -0.15) is 4.31 Å². The van der Waals surface area contributed by atoms with Crippen LogP contribution in [0.1, 0.15) is 44.9 Å². The highest BCUT2D eigenvalue weighted by molar-refractivity contribution is 7.89. The summed E-state index contributed by atoms with van der Waals surface area (Å²) in [5.74, 6) is -0.739. The average Bonchev–Trinajstić information content (AvgIpc) is 3.48. The zero-order valence-electron chi connectivity index (χ0n) is 19.0. The van der Waals surface area contributed by atoms with Crippen LogP contribution < -0.4 is 10.7 Å². The number of amides is 1. The second-order valence-electron chi connectivity index (χ2n) is 9.57. The number of aromatic nitrogens is 1. The summed E-state index contributed by atoms with van der Waals surface area (Å²) in [6.07, 6.45) is 8.25. The number of quaternary nitrogens is 1. The van der Waals surface area contributed by atoms with Crippen molar-refractivity contribution in [1.82, 2.24) is 13.8 Å². The van der Waals surface area contributed by atoms with Gasteiger partial charge in [0.05, 0.1) is 42.6 Å². The highest BCUT2D eigenvalue weighted by Gasteiger charge is 2.31. The Hall–Kier alpha value is -2.17. The van der Waals surface area contributed by atoms with Crippen LogP contribution in [0, 0.1) is 0 Å². The number of benzene rings is 1. The highest BCUT2D eigenvalue weighted by atomic mass is 32.2. The lowest BCUT2D eigenvalue weighted by Gasteiger charge is -2.38. The molecular formula is C23H33N4O5S+. The smallest absolute Gasteiger partial charge is 0.408 e. The maximum atomic E-state index is 13.0. The van der Waals surface area contributed by atoms with E-state index in [2.05, 4.69) is 0 Å². The number of nitrogens with one attached hydrogen (secondary N) is 1. The zero-order chi connectivity index (χ0) is 23.0. The van der Waals surface area contributed by atoms with E-state index in [-0.39, 0.29) is 22.9 Å². The maximum Gasteiger partial charge on any atom is 0.420 e. The number of piperazine rings is 1. The molecule has 3 fully saturated rings. The molecule has 1 aromatic carbocycles. The summed E-state index contributed by atoms with van der Waals surface area (Å²) in [4.78, 5) is 29.0. The molecule has 10 heteroatoms. The Bertz CT molecular complexity index is 1170. The zero-order valence-corrected chi connectivity index (χ0v) is 19.8. The first kappa shape index (κ1) is 22.6. The van der Waals surface area contributed by atoms with Gasteiger partial charge in [-0.15, -0.1) is 0 Å². The molecular weight excluding hydrogens is 444 g/mol. The van der Waals surface area contributed by atoms with Crippen LogP contribution in [0.5, 0.6) is 0 Å². The molecule has 2 aromatic rings. The summed E-state index contributed by atoms with van der Waals surface area (Å²) in [7, 11) is -3.60. The van der Waals surface area contributed by atoms with E-state index in [1.807, 2.05) is 4.90 Å².